The van der Waals surface area contributed by atoms with Gasteiger partial charge in [0.25, 0.3) is 0 Å². The van der Waals surface area contributed by atoms with Crippen molar-refractivity contribution < 1.29 is 4.74 Å². The molecule has 1 unspecified atom stereocenters. The van der Waals surface area contributed by atoms with Crippen LogP contribution in [0.15, 0.2) is 48.5 Å². The molecule has 2 rings (SSSR count). The van der Waals surface area contributed by atoms with Crippen molar-refractivity contribution in [2.45, 2.75) is 25.8 Å². The highest BCUT2D eigenvalue weighted by molar-refractivity contribution is 5.65. The molecular formula is C17H21NO. The minimum atomic E-state index is 0.237. The molecule has 0 aliphatic carbocycles. The van der Waals surface area contributed by atoms with Gasteiger partial charge >= 0.3 is 0 Å². The molecule has 19 heavy (non-hydrogen) atoms. The molecule has 2 aromatic carbocycles. The maximum atomic E-state index is 6.02. The Balaban J connectivity index is 2.26. The number of rotatable bonds is 5. The van der Waals surface area contributed by atoms with Crippen molar-refractivity contribution in [1.29, 1.82) is 0 Å². The lowest BCUT2D eigenvalue weighted by molar-refractivity contribution is 0.415. The fourth-order valence-electron chi connectivity index (χ4n) is 2.13. The lowest BCUT2D eigenvalue weighted by Gasteiger charge is -2.10. The van der Waals surface area contributed by atoms with E-state index in [9.17, 15) is 0 Å². The maximum Gasteiger partial charge on any atom is 0.119 e. The first-order valence-corrected chi connectivity index (χ1v) is 6.72. The molecule has 0 bridgehead atoms. The molecule has 0 fully saturated rings. The van der Waals surface area contributed by atoms with E-state index in [4.69, 9.17) is 10.5 Å². The average molecular weight is 255 g/mol. The van der Waals surface area contributed by atoms with E-state index in [1.54, 1.807) is 7.11 Å². The van der Waals surface area contributed by atoms with Crippen LogP contribution in [0.5, 0.6) is 5.75 Å². The second kappa shape index (κ2) is 6.39. The third-order valence-electron chi connectivity index (χ3n) is 3.35. The molecule has 0 amide bonds. The summed E-state index contributed by atoms with van der Waals surface area (Å²) in [5, 5.41) is 0. The minimum absolute atomic E-state index is 0.237. The lowest BCUT2D eigenvalue weighted by atomic mass is 9.99. The molecule has 0 heterocycles. The van der Waals surface area contributed by atoms with Gasteiger partial charge in [-0.25, -0.2) is 0 Å². The quantitative estimate of drug-likeness (QED) is 0.885. The molecule has 2 aromatic rings. The Morgan fingerprint density at radius 2 is 1.74 bits per heavy atom. The van der Waals surface area contributed by atoms with Gasteiger partial charge in [0.05, 0.1) is 7.11 Å². The fourth-order valence-corrected chi connectivity index (χ4v) is 2.13. The van der Waals surface area contributed by atoms with Crippen LogP contribution in [0, 0.1) is 0 Å². The minimum Gasteiger partial charge on any atom is -0.497 e. The molecule has 0 spiro atoms. The monoisotopic (exact) mass is 255 g/mol. The van der Waals surface area contributed by atoms with Crippen LogP contribution in [-0.4, -0.2) is 13.2 Å². The third-order valence-corrected chi connectivity index (χ3v) is 3.35. The fraction of sp³-hybridized carbons (Fsp3) is 0.294. The second-order valence-corrected chi connectivity index (χ2v) is 4.80. The predicted octanol–water partition coefficient (Wildman–Crippen LogP) is 3.64. The molecule has 0 radical (unpaired) electrons. The Bertz CT molecular complexity index is 536. The first-order chi connectivity index (χ1) is 9.22. The van der Waals surface area contributed by atoms with Crippen molar-refractivity contribution >= 4 is 0 Å². The Morgan fingerprint density at radius 3 is 2.42 bits per heavy atom. The van der Waals surface area contributed by atoms with E-state index in [1.165, 1.54) is 16.7 Å². The van der Waals surface area contributed by atoms with E-state index >= 15 is 0 Å². The van der Waals surface area contributed by atoms with E-state index in [1.807, 2.05) is 12.1 Å². The zero-order chi connectivity index (χ0) is 13.7. The molecule has 2 heteroatoms. The molecule has 0 saturated carbocycles. The van der Waals surface area contributed by atoms with Crippen LogP contribution in [-0.2, 0) is 6.42 Å². The van der Waals surface area contributed by atoms with E-state index in [0.717, 1.165) is 18.6 Å². The van der Waals surface area contributed by atoms with Crippen LogP contribution in [0.1, 0.15) is 18.9 Å². The molecule has 0 saturated heterocycles. The molecule has 0 aromatic heterocycles. The highest BCUT2D eigenvalue weighted by atomic mass is 16.5. The molecule has 0 aliphatic heterocycles. The molecule has 2 nitrogen and oxygen atoms in total. The SMILES string of the molecule is CCC(N)Cc1cccc(-c2cccc(OC)c2)c1. The third kappa shape index (κ3) is 3.58. The van der Waals surface area contributed by atoms with Gasteiger partial charge in [-0.1, -0.05) is 43.3 Å². The summed E-state index contributed by atoms with van der Waals surface area (Å²) in [7, 11) is 1.69. The summed E-state index contributed by atoms with van der Waals surface area (Å²) >= 11 is 0. The van der Waals surface area contributed by atoms with E-state index in [0.29, 0.717) is 0 Å². The average Bonchev–Trinajstić information content (AvgIpc) is 2.47. The van der Waals surface area contributed by atoms with Crippen LogP contribution in [0.3, 0.4) is 0 Å². The van der Waals surface area contributed by atoms with E-state index in [2.05, 4.69) is 43.3 Å². The normalized spacial score (nSPS) is 12.2. The molecule has 1 atom stereocenters. The van der Waals surface area contributed by atoms with Crippen molar-refractivity contribution in [1.82, 2.24) is 0 Å². The van der Waals surface area contributed by atoms with Crippen LogP contribution < -0.4 is 10.5 Å². The van der Waals surface area contributed by atoms with Gasteiger partial charge in [-0.15, -0.1) is 0 Å². The standard InChI is InChI=1S/C17H21NO/c1-3-16(18)11-13-6-4-7-14(10-13)15-8-5-9-17(12-15)19-2/h4-10,12,16H,3,11,18H2,1-2H3. The van der Waals surface area contributed by atoms with Gasteiger partial charge in [0, 0.05) is 6.04 Å². The van der Waals surface area contributed by atoms with Gasteiger partial charge in [-0.3, -0.25) is 0 Å². The lowest BCUT2D eigenvalue weighted by Crippen LogP contribution is -2.21. The van der Waals surface area contributed by atoms with Crippen molar-refractivity contribution in [2.24, 2.45) is 5.73 Å². The highest BCUT2D eigenvalue weighted by Gasteiger charge is 2.04. The largest absolute Gasteiger partial charge is 0.497 e. The number of hydrogen-bond donors (Lipinski definition) is 1. The zero-order valence-corrected chi connectivity index (χ0v) is 11.6. The highest BCUT2D eigenvalue weighted by Crippen LogP contribution is 2.24. The van der Waals surface area contributed by atoms with Crippen molar-refractivity contribution in [3.05, 3.63) is 54.1 Å². The van der Waals surface area contributed by atoms with Gasteiger partial charge in [0.1, 0.15) is 5.75 Å². The first-order valence-electron chi connectivity index (χ1n) is 6.72. The van der Waals surface area contributed by atoms with Gasteiger partial charge in [-0.2, -0.15) is 0 Å². The Morgan fingerprint density at radius 1 is 1.05 bits per heavy atom. The summed E-state index contributed by atoms with van der Waals surface area (Å²) in [5.41, 5.74) is 9.69. The van der Waals surface area contributed by atoms with Crippen LogP contribution in [0.2, 0.25) is 0 Å². The topological polar surface area (TPSA) is 35.2 Å². The summed E-state index contributed by atoms with van der Waals surface area (Å²) in [6.45, 7) is 2.12. The number of ether oxygens (including phenoxy) is 1. The predicted molar refractivity (Wildman–Crippen MR) is 80.4 cm³/mol. The summed E-state index contributed by atoms with van der Waals surface area (Å²) < 4.78 is 5.27. The molecule has 2 N–H and O–H groups in total. The van der Waals surface area contributed by atoms with E-state index < -0.39 is 0 Å². The molecular weight excluding hydrogens is 234 g/mol. The van der Waals surface area contributed by atoms with Gasteiger partial charge < -0.3 is 10.5 Å². The van der Waals surface area contributed by atoms with Crippen molar-refractivity contribution in [2.75, 3.05) is 7.11 Å². The Labute approximate surface area is 115 Å². The zero-order valence-electron chi connectivity index (χ0n) is 11.6. The first kappa shape index (κ1) is 13.6. The number of hydrogen-bond acceptors (Lipinski definition) is 2. The van der Waals surface area contributed by atoms with Gasteiger partial charge in [-0.05, 0) is 41.7 Å². The number of nitrogens with two attached hydrogens (primary N) is 1. The summed E-state index contributed by atoms with van der Waals surface area (Å²) in [4.78, 5) is 0. The second-order valence-electron chi connectivity index (χ2n) is 4.80. The van der Waals surface area contributed by atoms with Crippen molar-refractivity contribution in [3.63, 3.8) is 0 Å². The number of benzene rings is 2. The smallest absolute Gasteiger partial charge is 0.119 e. The van der Waals surface area contributed by atoms with Crippen LogP contribution in [0.4, 0.5) is 0 Å². The van der Waals surface area contributed by atoms with E-state index in [-0.39, 0.29) is 6.04 Å². The van der Waals surface area contributed by atoms with Gasteiger partial charge in [0.2, 0.25) is 0 Å². The Kier molecular flexibility index (Phi) is 4.58. The molecule has 0 aliphatic rings. The van der Waals surface area contributed by atoms with Crippen LogP contribution >= 0.6 is 0 Å². The maximum absolute atomic E-state index is 6.02. The molecule has 100 valence electrons. The summed E-state index contributed by atoms with van der Waals surface area (Å²) in [6.07, 6.45) is 1.93. The van der Waals surface area contributed by atoms with Crippen molar-refractivity contribution in [3.8, 4) is 16.9 Å². The number of methoxy groups -OCH3 is 1. The van der Waals surface area contributed by atoms with Crippen LogP contribution in [0.25, 0.3) is 11.1 Å². The summed E-state index contributed by atoms with van der Waals surface area (Å²) in [5.74, 6) is 0.883. The van der Waals surface area contributed by atoms with Gasteiger partial charge in [0.15, 0.2) is 0 Å². The Hall–Kier alpha value is -1.80. The summed E-state index contributed by atoms with van der Waals surface area (Å²) in [6, 6.07) is 16.9.